The van der Waals surface area contributed by atoms with Gasteiger partial charge in [0.2, 0.25) is 0 Å². The van der Waals surface area contributed by atoms with E-state index < -0.39 is 20.9 Å². The topological polar surface area (TPSA) is 60.4 Å². The number of carbonyl (C=O) groups excluding carboxylic acids is 1. The van der Waals surface area contributed by atoms with Gasteiger partial charge in [0.05, 0.1) is 12.9 Å². The molecule has 2 rings (SSSR count). The molecule has 1 saturated heterocycles. The molecule has 1 aromatic carbocycles. The van der Waals surface area contributed by atoms with Crippen LogP contribution in [-0.4, -0.2) is 32.3 Å². The fourth-order valence-corrected chi connectivity index (χ4v) is 4.35. The van der Waals surface area contributed by atoms with E-state index in [2.05, 4.69) is 0 Å². The van der Waals surface area contributed by atoms with E-state index in [1.807, 2.05) is 0 Å². The maximum absolute atomic E-state index is 13.5. The summed E-state index contributed by atoms with van der Waals surface area (Å²) in [6.07, 6.45) is 1.67. The minimum absolute atomic E-state index is 0.0647. The van der Waals surface area contributed by atoms with Gasteiger partial charge < -0.3 is 4.74 Å². The van der Waals surface area contributed by atoms with Crippen molar-refractivity contribution in [2.24, 2.45) is 0 Å². The predicted molar refractivity (Wildman–Crippen MR) is 73.1 cm³/mol. The first kappa shape index (κ1) is 15.0. The number of carbonyl (C=O) groups is 1. The van der Waals surface area contributed by atoms with Crippen LogP contribution in [0.1, 0.15) is 24.8 Å². The van der Waals surface area contributed by atoms with Gasteiger partial charge in [-0.3, -0.25) is 4.79 Å². The van der Waals surface area contributed by atoms with Crippen molar-refractivity contribution in [3.63, 3.8) is 0 Å². The van der Waals surface area contributed by atoms with Crippen LogP contribution in [0.2, 0.25) is 0 Å². The number of Topliss-reactive ketones (excluding diaryl/α,β-unsaturated/α-hetero) is 1. The van der Waals surface area contributed by atoms with E-state index in [0.29, 0.717) is 18.4 Å². The standard InChI is InChI=1S/C14H17FO4S/c1-19-13-6-5-10(8-11(13)15)9-12(16)14-4-2-3-7-20(14,17)18/h5-6,8,14H,2-4,7,9H2,1H3. The number of methoxy groups -OCH3 is 1. The van der Waals surface area contributed by atoms with E-state index in [1.54, 1.807) is 6.07 Å². The molecule has 0 amide bonds. The zero-order valence-electron chi connectivity index (χ0n) is 11.3. The van der Waals surface area contributed by atoms with Gasteiger partial charge in [0.15, 0.2) is 27.2 Å². The Kier molecular flexibility index (Phi) is 4.42. The molecule has 0 bridgehead atoms. The molecule has 20 heavy (non-hydrogen) atoms. The maximum atomic E-state index is 13.5. The average Bonchev–Trinajstić information content (AvgIpc) is 2.38. The summed E-state index contributed by atoms with van der Waals surface area (Å²) < 4.78 is 42.1. The molecule has 1 fully saturated rings. The van der Waals surface area contributed by atoms with Crippen LogP contribution in [0, 0.1) is 5.82 Å². The van der Waals surface area contributed by atoms with Crippen molar-refractivity contribution < 1.29 is 22.3 Å². The van der Waals surface area contributed by atoms with Crippen LogP contribution in [-0.2, 0) is 21.1 Å². The second-order valence-corrected chi connectivity index (χ2v) is 7.27. The molecule has 0 spiro atoms. The Labute approximate surface area is 117 Å². The third-order valence-corrected chi connectivity index (χ3v) is 5.76. The van der Waals surface area contributed by atoms with Gasteiger partial charge in [-0.15, -0.1) is 0 Å². The first-order valence-corrected chi connectivity index (χ1v) is 8.22. The molecular weight excluding hydrogens is 283 g/mol. The summed E-state index contributed by atoms with van der Waals surface area (Å²) in [5.74, 6) is -0.731. The lowest BCUT2D eigenvalue weighted by Gasteiger charge is -2.21. The van der Waals surface area contributed by atoms with Crippen LogP contribution in [0.25, 0.3) is 0 Å². The molecule has 0 N–H and O–H groups in total. The fourth-order valence-electron chi connectivity index (χ4n) is 2.45. The second kappa shape index (κ2) is 5.91. The van der Waals surface area contributed by atoms with Gasteiger partial charge >= 0.3 is 0 Å². The highest BCUT2D eigenvalue weighted by Crippen LogP contribution is 2.23. The van der Waals surface area contributed by atoms with Gasteiger partial charge in [0.25, 0.3) is 0 Å². The minimum atomic E-state index is -3.33. The van der Waals surface area contributed by atoms with E-state index >= 15 is 0 Å². The van der Waals surface area contributed by atoms with Crippen molar-refractivity contribution in [3.8, 4) is 5.75 Å². The Morgan fingerprint density at radius 3 is 2.75 bits per heavy atom. The van der Waals surface area contributed by atoms with E-state index in [4.69, 9.17) is 4.74 Å². The normalized spacial score (nSPS) is 21.4. The zero-order chi connectivity index (χ0) is 14.8. The van der Waals surface area contributed by atoms with Crippen molar-refractivity contribution in [2.45, 2.75) is 30.9 Å². The molecule has 1 aliphatic heterocycles. The van der Waals surface area contributed by atoms with Gasteiger partial charge in [0, 0.05) is 6.42 Å². The molecule has 1 aromatic rings. The molecule has 1 aliphatic rings. The molecule has 1 atom stereocenters. The summed E-state index contributed by atoms with van der Waals surface area (Å²) in [4.78, 5) is 12.1. The van der Waals surface area contributed by atoms with Crippen molar-refractivity contribution in [1.29, 1.82) is 0 Å². The largest absolute Gasteiger partial charge is 0.494 e. The Balaban J connectivity index is 2.13. The number of ketones is 1. The molecular formula is C14H17FO4S. The molecule has 0 aromatic heterocycles. The van der Waals surface area contributed by atoms with Crippen LogP contribution in [0.4, 0.5) is 4.39 Å². The molecule has 0 aliphatic carbocycles. The summed E-state index contributed by atoms with van der Waals surface area (Å²) in [7, 11) is -1.97. The maximum Gasteiger partial charge on any atom is 0.165 e. The lowest BCUT2D eigenvalue weighted by atomic mass is 10.0. The highest BCUT2D eigenvalue weighted by Gasteiger charge is 2.34. The molecule has 4 nitrogen and oxygen atoms in total. The molecule has 110 valence electrons. The number of rotatable bonds is 4. The highest BCUT2D eigenvalue weighted by atomic mass is 32.2. The number of sulfone groups is 1. The number of hydrogen-bond acceptors (Lipinski definition) is 4. The van der Waals surface area contributed by atoms with E-state index in [0.717, 1.165) is 6.42 Å². The Morgan fingerprint density at radius 2 is 2.15 bits per heavy atom. The monoisotopic (exact) mass is 300 g/mol. The zero-order valence-corrected chi connectivity index (χ0v) is 12.1. The fraction of sp³-hybridized carbons (Fsp3) is 0.500. The van der Waals surface area contributed by atoms with Gasteiger partial charge in [-0.2, -0.15) is 0 Å². The minimum Gasteiger partial charge on any atom is -0.494 e. The van der Waals surface area contributed by atoms with Crippen LogP contribution in [0.15, 0.2) is 18.2 Å². The number of ether oxygens (including phenoxy) is 1. The van der Waals surface area contributed by atoms with Gasteiger partial charge in [-0.05, 0) is 30.5 Å². The average molecular weight is 300 g/mol. The Bertz CT molecular complexity index is 610. The van der Waals surface area contributed by atoms with Gasteiger partial charge in [-0.25, -0.2) is 12.8 Å². The van der Waals surface area contributed by atoms with Crippen LogP contribution < -0.4 is 4.74 Å². The lowest BCUT2D eigenvalue weighted by Crippen LogP contribution is -2.36. The van der Waals surface area contributed by atoms with E-state index in [9.17, 15) is 17.6 Å². The summed E-state index contributed by atoms with van der Waals surface area (Å²) >= 11 is 0. The Hall–Kier alpha value is -1.43. The first-order valence-electron chi connectivity index (χ1n) is 6.51. The summed E-state index contributed by atoms with van der Waals surface area (Å²) in [5.41, 5.74) is 0.467. The molecule has 6 heteroatoms. The highest BCUT2D eigenvalue weighted by molar-refractivity contribution is 7.92. The SMILES string of the molecule is COc1ccc(CC(=O)C2CCCCS2(=O)=O)cc1F. The van der Waals surface area contributed by atoms with Crippen LogP contribution in [0.3, 0.4) is 0 Å². The third kappa shape index (κ3) is 3.17. The number of benzene rings is 1. The number of hydrogen-bond donors (Lipinski definition) is 0. The molecule has 1 unspecified atom stereocenters. The van der Waals surface area contributed by atoms with Crippen LogP contribution >= 0.6 is 0 Å². The smallest absolute Gasteiger partial charge is 0.165 e. The predicted octanol–water partition coefficient (Wildman–Crippen LogP) is 1.91. The lowest BCUT2D eigenvalue weighted by molar-refractivity contribution is -0.118. The van der Waals surface area contributed by atoms with Crippen LogP contribution in [0.5, 0.6) is 5.75 Å². The summed E-state index contributed by atoms with van der Waals surface area (Å²) in [5, 5.41) is -0.929. The number of halogens is 1. The third-order valence-electron chi connectivity index (χ3n) is 3.53. The van der Waals surface area contributed by atoms with E-state index in [1.165, 1.54) is 19.2 Å². The first-order chi connectivity index (χ1) is 9.44. The molecule has 0 radical (unpaired) electrons. The van der Waals surface area contributed by atoms with Crippen molar-refractivity contribution in [3.05, 3.63) is 29.6 Å². The van der Waals surface area contributed by atoms with Crippen molar-refractivity contribution in [1.82, 2.24) is 0 Å². The molecule has 1 heterocycles. The van der Waals surface area contributed by atoms with Crippen molar-refractivity contribution in [2.75, 3.05) is 12.9 Å². The quantitative estimate of drug-likeness (QED) is 0.852. The Morgan fingerprint density at radius 1 is 1.40 bits per heavy atom. The molecule has 0 saturated carbocycles. The van der Waals surface area contributed by atoms with Gasteiger partial charge in [-0.1, -0.05) is 12.5 Å². The van der Waals surface area contributed by atoms with Gasteiger partial charge in [0.1, 0.15) is 5.25 Å². The van der Waals surface area contributed by atoms with Crippen molar-refractivity contribution >= 4 is 15.6 Å². The summed E-state index contributed by atoms with van der Waals surface area (Å²) in [6.45, 7) is 0. The van der Waals surface area contributed by atoms with E-state index in [-0.39, 0.29) is 23.7 Å². The summed E-state index contributed by atoms with van der Waals surface area (Å²) in [6, 6.07) is 4.23. The second-order valence-electron chi connectivity index (χ2n) is 4.96.